The van der Waals surface area contributed by atoms with E-state index >= 15 is 0 Å². The highest BCUT2D eigenvalue weighted by Crippen LogP contribution is 1.97. The second-order valence-corrected chi connectivity index (χ2v) is 3.83. The molecule has 10 nitrogen and oxygen atoms in total. The van der Waals surface area contributed by atoms with Gasteiger partial charge >= 0.3 is 17.6 Å². The molecule has 0 unspecified atom stereocenters. The first-order valence-corrected chi connectivity index (χ1v) is 5.32. The normalized spacial score (nSPS) is 10.0. The SMILES string of the molecule is O=C(O)CN(CC(=O)O)C(=O)Cc1cc(=O)[nH]c(=O)[nH]1. The number of hydrogen-bond donors (Lipinski definition) is 4. The highest BCUT2D eigenvalue weighted by molar-refractivity contribution is 5.86. The highest BCUT2D eigenvalue weighted by Gasteiger charge is 2.20. The molecule has 0 spiro atoms. The van der Waals surface area contributed by atoms with Gasteiger partial charge in [0.25, 0.3) is 5.56 Å². The Labute approximate surface area is 110 Å². The summed E-state index contributed by atoms with van der Waals surface area (Å²) in [5.74, 6) is -3.59. The maximum absolute atomic E-state index is 11.8. The van der Waals surface area contributed by atoms with Gasteiger partial charge in [-0.15, -0.1) is 0 Å². The van der Waals surface area contributed by atoms with Gasteiger partial charge in [-0.3, -0.25) is 24.2 Å². The van der Waals surface area contributed by atoms with Crippen molar-refractivity contribution in [3.63, 3.8) is 0 Å². The highest BCUT2D eigenvalue weighted by atomic mass is 16.4. The molecule has 0 bridgehead atoms. The van der Waals surface area contributed by atoms with Crippen molar-refractivity contribution in [2.24, 2.45) is 0 Å². The number of nitrogens with zero attached hydrogens (tertiary/aromatic N) is 1. The van der Waals surface area contributed by atoms with Crippen LogP contribution in [0.5, 0.6) is 0 Å². The lowest BCUT2D eigenvalue weighted by Gasteiger charge is -2.18. The van der Waals surface area contributed by atoms with E-state index in [1.807, 2.05) is 4.98 Å². The third-order valence-corrected chi connectivity index (χ3v) is 2.16. The minimum absolute atomic E-state index is 0.0375. The molecule has 0 aliphatic carbocycles. The van der Waals surface area contributed by atoms with Gasteiger partial charge in [0.05, 0.1) is 6.42 Å². The lowest BCUT2D eigenvalue weighted by Crippen LogP contribution is -2.40. The van der Waals surface area contributed by atoms with E-state index in [9.17, 15) is 24.0 Å². The van der Waals surface area contributed by atoms with Crippen molar-refractivity contribution in [2.75, 3.05) is 13.1 Å². The lowest BCUT2D eigenvalue weighted by atomic mass is 10.2. The minimum Gasteiger partial charge on any atom is -0.480 e. The fourth-order valence-electron chi connectivity index (χ4n) is 1.45. The first-order chi connectivity index (χ1) is 9.27. The summed E-state index contributed by atoms with van der Waals surface area (Å²) in [6, 6.07) is 0.957. The second kappa shape index (κ2) is 6.31. The average Bonchev–Trinajstić information content (AvgIpc) is 2.24. The fraction of sp³-hybridized carbons (Fsp3) is 0.300. The van der Waals surface area contributed by atoms with Crippen LogP contribution >= 0.6 is 0 Å². The first-order valence-electron chi connectivity index (χ1n) is 5.32. The van der Waals surface area contributed by atoms with E-state index in [0.29, 0.717) is 4.90 Å². The van der Waals surface area contributed by atoms with Gasteiger partial charge in [0.15, 0.2) is 0 Å². The van der Waals surface area contributed by atoms with Crippen LogP contribution in [0, 0.1) is 0 Å². The summed E-state index contributed by atoms with van der Waals surface area (Å²) in [4.78, 5) is 59.6. The Morgan fingerprint density at radius 1 is 1.05 bits per heavy atom. The van der Waals surface area contributed by atoms with E-state index in [1.165, 1.54) is 0 Å². The Hall–Kier alpha value is -2.91. The van der Waals surface area contributed by atoms with Crippen LogP contribution in [0.3, 0.4) is 0 Å². The summed E-state index contributed by atoms with van der Waals surface area (Å²) in [6.07, 6.45) is -0.486. The van der Waals surface area contributed by atoms with Crippen LogP contribution < -0.4 is 11.2 Å². The molecule has 0 fully saturated rings. The number of rotatable bonds is 6. The Morgan fingerprint density at radius 3 is 2.05 bits per heavy atom. The number of amides is 1. The maximum Gasteiger partial charge on any atom is 0.325 e. The predicted molar refractivity (Wildman–Crippen MR) is 63.2 cm³/mol. The number of aliphatic carboxylic acids is 2. The number of nitrogens with one attached hydrogen (secondary N) is 2. The van der Waals surface area contributed by atoms with Gasteiger partial charge in [0.1, 0.15) is 13.1 Å². The monoisotopic (exact) mass is 285 g/mol. The third kappa shape index (κ3) is 4.76. The fourth-order valence-corrected chi connectivity index (χ4v) is 1.45. The molecule has 0 radical (unpaired) electrons. The summed E-state index contributed by atoms with van der Waals surface area (Å²) in [7, 11) is 0. The van der Waals surface area contributed by atoms with Crippen molar-refractivity contribution in [1.29, 1.82) is 0 Å². The van der Waals surface area contributed by atoms with Crippen LogP contribution in [-0.4, -0.2) is 56.0 Å². The molecule has 0 aliphatic rings. The molecule has 1 heterocycles. The molecule has 0 aliphatic heterocycles. The summed E-state index contributed by atoms with van der Waals surface area (Å²) < 4.78 is 0. The maximum atomic E-state index is 11.8. The Balaban J connectivity index is 2.89. The van der Waals surface area contributed by atoms with Crippen LogP contribution in [0.4, 0.5) is 0 Å². The zero-order valence-corrected chi connectivity index (χ0v) is 10.1. The molecular weight excluding hydrogens is 274 g/mol. The van der Waals surface area contributed by atoms with Crippen LogP contribution in [0.15, 0.2) is 15.7 Å². The number of carboxylic acids is 2. The second-order valence-electron chi connectivity index (χ2n) is 3.83. The average molecular weight is 285 g/mol. The van der Waals surface area contributed by atoms with E-state index in [0.717, 1.165) is 6.07 Å². The van der Waals surface area contributed by atoms with Gasteiger partial charge < -0.3 is 20.1 Å². The molecule has 4 N–H and O–H groups in total. The van der Waals surface area contributed by atoms with E-state index in [1.54, 1.807) is 0 Å². The lowest BCUT2D eigenvalue weighted by molar-refractivity contribution is -0.149. The van der Waals surface area contributed by atoms with E-state index in [-0.39, 0.29) is 5.69 Å². The Kier molecular flexibility index (Phi) is 4.78. The number of aromatic amines is 2. The van der Waals surface area contributed by atoms with E-state index in [4.69, 9.17) is 10.2 Å². The molecule has 20 heavy (non-hydrogen) atoms. The van der Waals surface area contributed by atoms with Crippen molar-refractivity contribution in [1.82, 2.24) is 14.9 Å². The number of carboxylic acid groups (broad SMARTS) is 2. The zero-order valence-electron chi connectivity index (χ0n) is 10.1. The van der Waals surface area contributed by atoms with Gasteiger partial charge in [-0.2, -0.15) is 0 Å². The molecule has 10 heteroatoms. The molecule has 1 aromatic heterocycles. The van der Waals surface area contributed by atoms with Crippen molar-refractivity contribution in [3.8, 4) is 0 Å². The summed E-state index contributed by atoms with van der Waals surface area (Å²) in [5, 5.41) is 17.2. The summed E-state index contributed by atoms with van der Waals surface area (Å²) in [6.45, 7) is -1.59. The third-order valence-electron chi connectivity index (χ3n) is 2.16. The standard InChI is InChI=1S/C10H11N3O7/c14-6-1-5(11-10(20)12-6)2-7(15)13(3-8(16)17)4-9(18)19/h1H,2-4H2,(H,16,17)(H,18,19)(H2,11,12,14,20). The van der Waals surface area contributed by atoms with Crippen LogP contribution in [0.25, 0.3) is 0 Å². The number of carbonyl (C=O) groups excluding carboxylic acids is 1. The number of hydrogen-bond acceptors (Lipinski definition) is 5. The summed E-state index contributed by atoms with van der Waals surface area (Å²) in [5.41, 5.74) is -1.58. The molecule has 0 aromatic carbocycles. The molecule has 1 rings (SSSR count). The van der Waals surface area contributed by atoms with Gasteiger partial charge in [-0.1, -0.05) is 0 Å². The van der Waals surface area contributed by atoms with Crippen molar-refractivity contribution in [3.05, 3.63) is 32.6 Å². The molecule has 1 aromatic rings. The smallest absolute Gasteiger partial charge is 0.325 e. The van der Waals surface area contributed by atoms with Gasteiger partial charge in [0.2, 0.25) is 5.91 Å². The topological polar surface area (TPSA) is 161 Å². The molecule has 0 atom stereocenters. The molecule has 0 saturated carbocycles. The minimum atomic E-state index is -1.38. The quantitative estimate of drug-likeness (QED) is 0.453. The molecule has 0 saturated heterocycles. The molecule has 108 valence electrons. The van der Waals surface area contributed by atoms with Crippen molar-refractivity contribution >= 4 is 17.8 Å². The molecular formula is C10H11N3O7. The largest absolute Gasteiger partial charge is 0.480 e. The van der Waals surface area contributed by atoms with Gasteiger partial charge in [-0.25, -0.2) is 4.79 Å². The molecule has 1 amide bonds. The van der Waals surface area contributed by atoms with Crippen molar-refractivity contribution in [2.45, 2.75) is 6.42 Å². The van der Waals surface area contributed by atoms with Crippen LogP contribution in [-0.2, 0) is 20.8 Å². The first kappa shape index (κ1) is 15.1. The van der Waals surface area contributed by atoms with Gasteiger partial charge in [-0.05, 0) is 0 Å². The van der Waals surface area contributed by atoms with Crippen LogP contribution in [0.2, 0.25) is 0 Å². The van der Waals surface area contributed by atoms with E-state index in [2.05, 4.69) is 4.98 Å². The van der Waals surface area contributed by atoms with Crippen molar-refractivity contribution < 1.29 is 24.6 Å². The summed E-state index contributed by atoms with van der Waals surface area (Å²) >= 11 is 0. The zero-order chi connectivity index (χ0) is 15.3. The number of carbonyl (C=O) groups is 3. The van der Waals surface area contributed by atoms with Crippen LogP contribution in [0.1, 0.15) is 5.69 Å². The predicted octanol–water partition coefficient (Wildman–Crippen LogP) is -2.40. The number of aromatic nitrogens is 2. The Morgan fingerprint density at radius 2 is 1.60 bits per heavy atom. The number of H-pyrrole nitrogens is 2. The Bertz CT molecular complexity index is 600. The van der Waals surface area contributed by atoms with Gasteiger partial charge in [0, 0.05) is 11.8 Å². The van der Waals surface area contributed by atoms with E-state index < -0.39 is 48.6 Å².